The van der Waals surface area contributed by atoms with Gasteiger partial charge in [0, 0.05) is 39.8 Å². The van der Waals surface area contributed by atoms with Crippen molar-refractivity contribution < 1.29 is 23.9 Å². The number of hydrogen-bond donors (Lipinski definition) is 3. The number of ether oxygens (including phenoxy) is 2. The highest BCUT2D eigenvalue weighted by molar-refractivity contribution is 8.00. The molecule has 1 atom stereocenters. The summed E-state index contributed by atoms with van der Waals surface area (Å²) in [6.45, 7) is 0. The van der Waals surface area contributed by atoms with Gasteiger partial charge in [0.15, 0.2) is 11.5 Å². The predicted molar refractivity (Wildman–Crippen MR) is 184 cm³/mol. The fourth-order valence-electron chi connectivity index (χ4n) is 4.62. The van der Waals surface area contributed by atoms with Gasteiger partial charge in [0.25, 0.3) is 11.8 Å². The number of carbonyl (C=O) groups is 3. The lowest BCUT2D eigenvalue weighted by Crippen LogP contribution is -2.30. The maximum Gasteiger partial charge on any atom is 0.272 e. The number of aromatic nitrogens is 1. The molecule has 0 aliphatic rings. The van der Waals surface area contributed by atoms with Crippen LogP contribution in [-0.4, -0.2) is 36.9 Å². The largest absolute Gasteiger partial charge is 0.493 e. The Bertz CT molecular complexity index is 1850. The van der Waals surface area contributed by atoms with E-state index in [1.54, 1.807) is 85.2 Å². The van der Waals surface area contributed by atoms with Crippen LogP contribution < -0.4 is 25.4 Å². The maximum absolute atomic E-state index is 13.6. The number of pyridine rings is 1. The van der Waals surface area contributed by atoms with Gasteiger partial charge >= 0.3 is 0 Å². The first-order chi connectivity index (χ1) is 22.9. The van der Waals surface area contributed by atoms with E-state index in [2.05, 4.69) is 20.9 Å². The minimum absolute atomic E-state index is 0.000724. The van der Waals surface area contributed by atoms with Crippen molar-refractivity contribution in [3.63, 3.8) is 0 Å². The van der Waals surface area contributed by atoms with Gasteiger partial charge in [0.05, 0.1) is 14.2 Å². The van der Waals surface area contributed by atoms with E-state index in [1.807, 2.05) is 42.5 Å². The molecule has 0 bridgehead atoms. The molecule has 3 N–H and O–H groups in total. The van der Waals surface area contributed by atoms with Crippen LogP contribution in [0.3, 0.4) is 0 Å². The van der Waals surface area contributed by atoms with Gasteiger partial charge in [0.1, 0.15) is 10.9 Å². The summed E-state index contributed by atoms with van der Waals surface area (Å²) in [4.78, 5) is 44.9. The molecule has 1 unspecified atom stereocenters. The van der Waals surface area contributed by atoms with Gasteiger partial charge in [-0.3, -0.25) is 19.4 Å². The van der Waals surface area contributed by atoms with E-state index in [4.69, 9.17) is 9.47 Å². The van der Waals surface area contributed by atoms with Crippen LogP contribution in [-0.2, 0) is 9.59 Å². The molecule has 10 heteroatoms. The first kappa shape index (κ1) is 32.5. The van der Waals surface area contributed by atoms with E-state index in [9.17, 15) is 14.4 Å². The molecule has 0 saturated heterocycles. The molecule has 0 aliphatic carbocycles. The summed E-state index contributed by atoms with van der Waals surface area (Å²) in [5, 5.41) is 8.03. The lowest BCUT2D eigenvalue weighted by molar-refractivity contribution is -0.116. The van der Waals surface area contributed by atoms with Crippen LogP contribution in [0.1, 0.15) is 26.7 Å². The van der Waals surface area contributed by atoms with Gasteiger partial charge in [0.2, 0.25) is 5.91 Å². The van der Waals surface area contributed by atoms with E-state index in [1.165, 1.54) is 32.1 Å². The molecular formula is C37H32N4O5S. The number of hydrogen-bond acceptors (Lipinski definition) is 7. The first-order valence-electron chi connectivity index (χ1n) is 14.6. The molecule has 0 radical (unpaired) electrons. The second-order valence-corrected chi connectivity index (χ2v) is 11.3. The van der Waals surface area contributed by atoms with Gasteiger partial charge in [-0.05, 0) is 66.2 Å². The molecule has 1 aromatic heterocycles. The highest BCUT2D eigenvalue weighted by atomic mass is 32.2. The maximum atomic E-state index is 13.6. The van der Waals surface area contributed by atoms with Crippen LogP contribution in [0.4, 0.5) is 11.4 Å². The smallest absolute Gasteiger partial charge is 0.272 e. The Morgan fingerprint density at radius 2 is 1.38 bits per heavy atom. The van der Waals surface area contributed by atoms with Crippen molar-refractivity contribution in [2.75, 3.05) is 24.9 Å². The lowest BCUT2D eigenvalue weighted by Gasteiger charge is -2.17. The number of nitrogens with one attached hydrogen (secondary N) is 3. The van der Waals surface area contributed by atoms with Gasteiger partial charge in [-0.1, -0.05) is 60.7 Å². The van der Waals surface area contributed by atoms with Crippen molar-refractivity contribution in [3.8, 4) is 11.5 Å². The van der Waals surface area contributed by atoms with Crippen LogP contribution in [0.5, 0.6) is 11.5 Å². The van der Waals surface area contributed by atoms with E-state index < -0.39 is 17.1 Å². The van der Waals surface area contributed by atoms with Crippen molar-refractivity contribution >= 4 is 46.9 Å². The number of thioether (sulfide) groups is 1. The van der Waals surface area contributed by atoms with Crippen LogP contribution >= 0.6 is 11.8 Å². The Balaban J connectivity index is 1.36. The summed E-state index contributed by atoms with van der Waals surface area (Å²) >= 11 is 1.38. The van der Waals surface area contributed by atoms with E-state index in [0.29, 0.717) is 34.0 Å². The normalized spacial score (nSPS) is 11.6. The SMILES string of the molecule is COc1cccc(/C=C(\NC(=O)c2ccccc2)C(=O)Nc2ccc(SC(C(=O)Nc3ccncc3)c3ccccc3)cc2)c1OC. The third kappa shape index (κ3) is 8.65. The van der Waals surface area contributed by atoms with E-state index >= 15 is 0 Å². The zero-order chi connectivity index (χ0) is 33.0. The van der Waals surface area contributed by atoms with Crippen molar-refractivity contribution in [2.24, 2.45) is 0 Å². The minimum Gasteiger partial charge on any atom is -0.493 e. The predicted octanol–water partition coefficient (Wildman–Crippen LogP) is 6.98. The average molecular weight is 645 g/mol. The van der Waals surface area contributed by atoms with Crippen molar-refractivity contribution in [2.45, 2.75) is 10.1 Å². The molecular weight excluding hydrogens is 612 g/mol. The summed E-state index contributed by atoms with van der Waals surface area (Å²) in [6, 6.07) is 34.0. The quantitative estimate of drug-likeness (QED) is 0.0991. The molecule has 0 saturated carbocycles. The number of nitrogens with zero attached hydrogens (tertiary/aromatic N) is 1. The molecule has 4 aromatic carbocycles. The molecule has 47 heavy (non-hydrogen) atoms. The zero-order valence-electron chi connectivity index (χ0n) is 25.7. The molecule has 5 rings (SSSR count). The fraction of sp³-hybridized carbons (Fsp3) is 0.0811. The van der Waals surface area contributed by atoms with Crippen molar-refractivity contribution in [3.05, 3.63) is 150 Å². The Labute approximate surface area is 277 Å². The van der Waals surface area contributed by atoms with Gasteiger partial charge in [-0.2, -0.15) is 0 Å². The van der Waals surface area contributed by atoms with Crippen LogP contribution in [0.2, 0.25) is 0 Å². The van der Waals surface area contributed by atoms with Gasteiger partial charge in [-0.15, -0.1) is 11.8 Å². The number of amides is 3. The molecule has 236 valence electrons. The number of methoxy groups -OCH3 is 2. The number of rotatable bonds is 12. The third-order valence-electron chi connectivity index (χ3n) is 6.92. The number of benzene rings is 4. The summed E-state index contributed by atoms with van der Waals surface area (Å²) in [5.41, 5.74) is 2.92. The second kappa shape index (κ2) is 15.9. The Morgan fingerprint density at radius 1 is 0.723 bits per heavy atom. The third-order valence-corrected chi connectivity index (χ3v) is 8.18. The molecule has 0 fully saturated rings. The standard InChI is InChI=1S/C37H32N4O5S/c1-45-32-15-9-14-27(33(32)46-2)24-31(41-35(42)26-12-7-4-8-13-26)36(43)39-28-16-18-30(19-17-28)47-34(25-10-5-3-6-11-25)37(44)40-29-20-22-38-23-21-29/h3-24,34H,1-2H3,(H,39,43)(H,41,42)(H,38,40,44)/b31-24-. The second-order valence-electron chi connectivity index (χ2n) is 10.1. The Morgan fingerprint density at radius 3 is 2.04 bits per heavy atom. The van der Waals surface area contributed by atoms with E-state index in [0.717, 1.165) is 10.5 Å². The number of carbonyl (C=O) groups excluding carboxylic acids is 3. The number of anilines is 2. The van der Waals surface area contributed by atoms with Crippen molar-refractivity contribution in [1.82, 2.24) is 10.3 Å². The zero-order valence-corrected chi connectivity index (χ0v) is 26.5. The number of para-hydroxylation sites is 1. The summed E-state index contributed by atoms with van der Waals surface area (Å²) in [7, 11) is 3.02. The van der Waals surface area contributed by atoms with Crippen LogP contribution in [0.25, 0.3) is 6.08 Å². The summed E-state index contributed by atoms with van der Waals surface area (Å²) in [6.07, 6.45) is 4.77. The first-order valence-corrected chi connectivity index (χ1v) is 15.5. The summed E-state index contributed by atoms with van der Waals surface area (Å²) < 4.78 is 10.9. The molecule has 1 heterocycles. The van der Waals surface area contributed by atoms with Crippen LogP contribution in [0.15, 0.2) is 138 Å². The average Bonchev–Trinajstić information content (AvgIpc) is 3.11. The summed E-state index contributed by atoms with van der Waals surface area (Å²) in [5.74, 6) is -0.277. The lowest BCUT2D eigenvalue weighted by atomic mass is 10.1. The minimum atomic E-state index is -0.543. The van der Waals surface area contributed by atoms with Gasteiger partial charge < -0.3 is 25.4 Å². The van der Waals surface area contributed by atoms with Gasteiger partial charge in [-0.25, -0.2) is 0 Å². The van der Waals surface area contributed by atoms with Crippen molar-refractivity contribution in [1.29, 1.82) is 0 Å². The van der Waals surface area contributed by atoms with Crippen LogP contribution in [0, 0.1) is 0 Å². The highest BCUT2D eigenvalue weighted by Crippen LogP contribution is 2.37. The fourth-order valence-corrected chi connectivity index (χ4v) is 5.64. The topological polar surface area (TPSA) is 119 Å². The molecule has 0 aliphatic heterocycles. The Kier molecular flexibility index (Phi) is 11.0. The molecule has 9 nitrogen and oxygen atoms in total. The molecule has 3 amide bonds. The monoisotopic (exact) mass is 644 g/mol. The molecule has 5 aromatic rings. The van der Waals surface area contributed by atoms with E-state index in [-0.39, 0.29) is 11.6 Å². The Hall–Kier alpha value is -5.87. The highest BCUT2D eigenvalue weighted by Gasteiger charge is 2.23. The molecule has 0 spiro atoms.